The van der Waals surface area contributed by atoms with Gasteiger partial charge in [-0.2, -0.15) is 0 Å². The summed E-state index contributed by atoms with van der Waals surface area (Å²) in [7, 11) is 0. The van der Waals surface area contributed by atoms with E-state index in [1.54, 1.807) is 5.51 Å². The second-order valence-corrected chi connectivity index (χ2v) is 7.59. The quantitative estimate of drug-likeness (QED) is 0.887. The molecule has 5 nitrogen and oxygen atoms in total. The van der Waals surface area contributed by atoms with Gasteiger partial charge in [0, 0.05) is 37.5 Å². The van der Waals surface area contributed by atoms with Crippen LogP contribution in [0.3, 0.4) is 0 Å². The smallest absolute Gasteiger partial charge is 0.228 e. The molecule has 1 aromatic rings. The zero-order chi connectivity index (χ0) is 16.1. The van der Waals surface area contributed by atoms with Gasteiger partial charge < -0.3 is 14.9 Å². The van der Waals surface area contributed by atoms with Crippen LogP contribution in [0, 0.1) is 11.8 Å². The van der Waals surface area contributed by atoms with Gasteiger partial charge in [-0.1, -0.05) is 12.8 Å². The highest BCUT2D eigenvalue weighted by Gasteiger charge is 2.35. The molecule has 2 aliphatic heterocycles. The van der Waals surface area contributed by atoms with E-state index in [4.69, 9.17) is 0 Å². The largest absolute Gasteiger partial charge is 0.396 e. The first-order valence-corrected chi connectivity index (χ1v) is 9.68. The van der Waals surface area contributed by atoms with Crippen molar-refractivity contribution in [1.82, 2.24) is 14.8 Å². The fraction of sp³-hybridized carbons (Fsp3) is 0.765. The van der Waals surface area contributed by atoms with Crippen molar-refractivity contribution in [2.75, 3.05) is 39.3 Å². The molecule has 0 saturated carbocycles. The highest BCUT2D eigenvalue weighted by molar-refractivity contribution is 7.07. The molecule has 2 saturated heterocycles. The summed E-state index contributed by atoms with van der Waals surface area (Å²) in [6, 6.07) is 0. The van der Waals surface area contributed by atoms with Crippen LogP contribution in [0.1, 0.15) is 31.4 Å². The van der Waals surface area contributed by atoms with Gasteiger partial charge in [0.05, 0.1) is 17.6 Å². The SMILES string of the molecule is O=C(Cc1cscn1)N1C[C@@H](CN2CCCCCC2)[C@@H](CO)C1. The summed E-state index contributed by atoms with van der Waals surface area (Å²) >= 11 is 1.53. The third-order valence-electron chi connectivity index (χ3n) is 5.17. The molecule has 6 heteroatoms. The van der Waals surface area contributed by atoms with Crippen LogP contribution < -0.4 is 0 Å². The number of hydrogen-bond acceptors (Lipinski definition) is 5. The Morgan fingerprint density at radius 2 is 1.96 bits per heavy atom. The van der Waals surface area contributed by atoms with E-state index in [0.29, 0.717) is 18.9 Å². The molecule has 0 spiro atoms. The van der Waals surface area contributed by atoms with Gasteiger partial charge in [-0.05, 0) is 31.8 Å². The van der Waals surface area contributed by atoms with E-state index in [0.717, 1.165) is 18.8 Å². The maximum Gasteiger partial charge on any atom is 0.228 e. The van der Waals surface area contributed by atoms with E-state index in [1.165, 1.54) is 50.1 Å². The van der Waals surface area contributed by atoms with Crippen LogP contribution in [-0.4, -0.2) is 65.1 Å². The Bertz CT molecular complexity index is 486. The summed E-state index contributed by atoms with van der Waals surface area (Å²) in [4.78, 5) is 21.1. The predicted molar refractivity (Wildman–Crippen MR) is 91.4 cm³/mol. The minimum atomic E-state index is 0.146. The van der Waals surface area contributed by atoms with E-state index < -0.39 is 0 Å². The van der Waals surface area contributed by atoms with E-state index in [2.05, 4.69) is 9.88 Å². The van der Waals surface area contributed by atoms with Crippen molar-refractivity contribution in [1.29, 1.82) is 0 Å². The minimum Gasteiger partial charge on any atom is -0.396 e. The maximum atomic E-state index is 12.5. The molecule has 0 radical (unpaired) electrons. The highest BCUT2D eigenvalue weighted by atomic mass is 32.1. The first-order valence-electron chi connectivity index (χ1n) is 8.74. The van der Waals surface area contributed by atoms with Gasteiger partial charge in [-0.15, -0.1) is 11.3 Å². The fourth-order valence-corrected chi connectivity index (χ4v) is 4.36. The topological polar surface area (TPSA) is 56.7 Å². The lowest BCUT2D eigenvalue weighted by Crippen LogP contribution is -2.35. The molecule has 0 bridgehead atoms. The monoisotopic (exact) mass is 337 g/mol. The number of rotatable bonds is 5. The summed E-state index contributed by atoms with van der Waals surface area (Å²) in [5.41, 5.74) is 2.63. The lowest BCUT2D eigenvalue weighted by molar-refractivity contribution is -0.129. The Kier molecular flexibility index (Phi) is 6.02. The molecule has 1 aromatic heterocycles. The van der Waals surface area contributed by atoms with E-state index in [1.807, 2.05) is 10.3 Å². The number of hydrogen-bond donors (Lipinski definition) is 1. The lowest BCUT2D eigenvalue weighted by atomic mass is 9.96. The number of amides is 1. The molecule has 1 amide bonds. The Balaban J connectivity index is 1.55. The van der Waals surface area contributed by atoms with Gasteiger partial charge in [0.2, 0.25) is 5.91 Å². The Hall–Kier alpha value is -0.980. The van der Waals surface area contributed by atoms with Crippen molar-refractivity contribution in [3.8, 4) is 0 Å². The summed E-state index contributed by atoms with van der Waals surface area (Å²) in [6.45, 7) is 5.01. The summed E-state index contributed by atoms with van der Waals surface area (Å²) < 4.78 is 0. The minimum absolute atomic E-state index is 0.146. The molecule has 3 rings (SSSR count). The van der Waals surface area contributed by atoms with Crippen LogP contribution in [0.25, 0.3) is 0 Å². The lowest BCUT2D eigenvalue weighted by Gasteiger charge is -2.26. The van der Waals surface area contributed by atoms with Crippen molar-refractivity contribution >= 4 is 17.2 Å². The standard InChI is InChI=1S/C17H27N3O2S/c21-11-15-10-20(17(22)7-16-12-23-13-18-16)9-14(15)8-19-5-3-1-2-4-6-19/h12-15,21H,1-11H2/t14-,15-/m1/s1. The molecule has 23 heavy (non-hydrogen) atoms. The van der Waals surface area contributed by atoms with Crippen molar-refractivity contribution in [3.05, 3.63) is 16.6 Å². The Morgan fingerprint density at radius 1 is 1.22 bits per heavy atom. The average molecular weight is 337 g/mol. The van der Waals surface area contributed by atoms with E-state index >= 15 is 0 Å². The summed E-state index contributed by atoms with van der Waals surface area (Å²) in [5.74, 6) is 0.767. The van der Waals surface area contributed by atoms with Gasteiger partial charge in [-0.3, -0.25) is 4.79 Å². The molecule has 128 valence electrons. The van der Waals surface area contributed by atoms with Gasteiger partial charge in [0.25, 0.3) is 0 Å². The Labute approximate surface area is 142 Å². The molecule has 0 unspecified atom stereocenters. The van der Waals surface area contributed by atoms with Crippen molar-refractivity contribution < 1.29 is 9.90 Å². The fourth-order valence-electron chi connectivity index (χ4n) is 3.80. The van der Waals surface area contributed by atoms with Crippen LogP contribution in [0.15, 0.2) is 10.9 Å². The number of thiazole rings is 1. The van der Waals surface area contributed by atoms with Gasteiger partial charge in [0.15, 0.2) is 0 Å². The number of aromatic nitrogens is 1. The second-order valence-electron chi connectivity index (χ2n) is 6.87. The molecule has 2 fully saturated rings. The average Bonchev–Trinajstić information content (AvgIpc) is 3.12. The Morgan fingerprint density at radius 3 is 2.61 bits per heavy atom. The van der Waals surface area contributed by atoms with Crippen LogP contribution in [0.4, 0.5) is 0 Å². The summed E-state index contributed by atoms with van der Waals surface area (Å²) in [6.07, 6.45) is 5.62. The van der Waals surface area contributed by atoms with Crippen LogP contribution in [0.2, 0.25) is 0 Å². The molecule has 2 atom stereocenters. The third kappa shape index (κ3) is 4.52. The van der Waals surface area contributed by atoms with Crippen molar-refractivity contribution in [2.24, 2.45) is 11.8 Å². The normalized spacial score (nSPS) is 26.4. The van der Waals surface area contributed by atoms with Gasteiger partial charge in [0.1, 0.15) is 0 Å². The molecule has 1 N–H and O–H groups in total. The number of carbonyl (C=O) groups is 1. The first-order chi connectivity index (χ1) is 11.3. The van der Waals surface area contributed by atoms with Gasteiger partial charge in [-0.25, -0.2) is 4.98 Å². The zero-order valence-corrected chi connectivity index (χ0v) is 14.5. The van der Waals surface area contributed by atoms with E-state index in [-0.39, 0.29) is 18.4 Å². The van der Waals surface area contributed by atoms with Gasteiger partial charge >= 0.3 is 0 Å². The molecular weight excluding hydrogens is 310 g/mol. The van der Waals surface area contributed by atoms with Crippen molar-refractivity contribution in [2.45, 2.75) is 32.1 Å². The van der Waals surface area contributed by atoms with E-state index in [9.17, 15) is 9.90 Å². The number of aliphatic hydroxyl groups is 1. The molecule has 0 aliphatic carbocycles. The highest BCUT2D eigenvalue weighted by Crippen LogP contribution is 2.26. The van der Waals surface area contributed by atoms with Crippen molar-refractivity contribution in [3.63, 3.8) is 0 Å². The molecular formula is C17H27N3O2S. The molecule has 0 aromatic carbocycles. The number of nitrogens with zero attached hydrogens (tertiary/aromatic N) is 3. The number of likely N-dealkylation sites (tertiary alicyclic amines) is 2. The number of carbonyl (C=O) groups excluding carboxylic acids is 1. The second kappa shape index (κ2) is 8.22. The third-order valence-corrected chi connectivity index (χ3v) is 5.81. The first kappa shape index (κ1) is 16.9. The van der Waals surface area contributed by atoms with Crippen LogP contribution >= 0.6 is 11.3 Å². The molecule has 2 aliphatic rings. The van der Waals surface area contributed by atoms with Crippen LogP contribution in [0.5, 0.6) is 0 Å². The zero-order valence-electron chi connectivity index (χ0n) is 13.7. The molecule has 3 heterocycles. The predicted octanol–water partition coefficient (Wildman–Crippen LogP) is 1.63. The number of aliphatic hydroxyl groups excluding tert-OH is 1. The summed E-state index contributed by atoms with van der Waals surface area (Å²) in [5, 5.41) is 11.6. The maximum absolute atomic E-state index is 12.5. The van der Waals surface area contributed by atoms with Crippen LogP contribution in [-0.2, 0) is 11.2 Å².